The molecule has 0 spiro atoms. The lowest BCUT2D eigenvalue weighted by atomic mass is 9.96. The molecule has 3 aliphatic rings. The smallest absolute Gasteiger partial charge is 0.220 e. The fraction of sp³-hybridized carbons (Fsp3) is 0.952. The number of hydrogen-bond donors (Lipinski definition) is 12. The Balaban J connectivity index is 1.46. The summed E-state index contributed by atoms with van der Waals surface area (Å²) < 4.78 is 34.3. The second-order valence-electron chi connectivity index (χ2n) is 23.6. The van der Waals surface area contributed by atoms with Crippen molar-refractivity contribution in [2.45, 2.75) is 349 Å². The van der Waals surface area contributed by atoms with Gasteiger partial charge in [-0.05, 0) is 19.3 Å². The lowest BCUT2D eigenvalue weighted by Crippen LogP contribution is -2.67. The molecule has 478 valence electrons. The normalized spacial score (nSPS) is 29.8. The molecule has 0 unspecified atom stereocenters. The van der Waals surface area contributed by atoms with E-state index in [1.165, 1.54) is 173 Å². The molecule has 0 aromatic carbocycles. The number of rotatable bonds is 49. The van der Waals surface area contributed by atoms with Crippen LogP contribution in [0.15, 0.2) is 12.2 Å². The van der Waals surface area contributed by atoms with Crippen LogP contribution in [0.5, 0.6) is 0 Å². The van der Waals surface area contributed by atoms with Crippen LogP contribution in [0.3, 0.4) is 0 Å². The summed E-state index contributed by atoms with van der Waals surface area (Å²) in [5.41, 5.74) is 0. The van der Waals surface area contributed by atoms with Crippen molar-refractivity contribution in [1.29, 1.82) is 0 Å². The molecule has 3 saturated heterocycles. The molecule has 0 saturated carbocycles. The minimum absolute atomic E-state index is 0.245. The van der Waals surface area contributed by atoms with Crippen molar-refractivity contribution in [3.8, 4) is 0 Å². The lowest BCUT2D eigenvalue weighted by molar-refractivity contribution is -0.380. The highest BCUT2D eigenvalue weighted by atomic mass is 16.8. The largest absolute Gasteiger partial charge is 0.394 e. The number of carbonyl (C=O) groups is 1. The SMILES string of the molecule is CCCCCCCCCCCCCC=C[C@@H](O)[C@H](CO[C@@H]1O[C@H](CO)[C@@H](O[C@@H]2O[C@H](CO)[C@H](O)[C@H](O[C@H]3O[C@H](CO)[C@H](O)[C@H](O)[C@H]3O)[C@H]2O)[C@H](O)[C@H]1O)NC(=O)CCCCCCCCCCCCCCCCCCCCCCCCC. The average molecular weight is 1160 g/mol. The second kappa shape index (κ2) is 45.8. The molecule has 19 heteroatoms. The van der Waals surface area contributed by atoms with Gasteiger partial charge in [0.2, 0.25) is 5.91 Å². The van der Waals surface area contributed by atoms with E-state index >= 15 is 0 Å². The summed E-state index contributed by atoms with van der Waals surface area (Å²) in [6, 6.07) is -0.974. The number of aliphatic hydroxyl groups is 11. The lowest BCUT2D eigenvalue weighted by Gasteiger charge is -2.48. The van der Waals surface area contributed by atoms with Gasteiger partial charge < -0.3 is 89.9 Å². The first-order valence-corrected chi connectivity index (χ1v) is 32.4. The molecule has 0 aromatic heterocycles. The summed E-state index contributed by atoms with van der Waals surface area (Å²) in [6.07, 6.45) is 20.2. The second-order valence-corrected chi connectivity index (χ2v) is 23.6. The predicted octanol–water partition coefficient (Wildman–Crippen LogP) is 6.94. The number of amides is 1. The zero-order chi connectivity index (χ0) is 59.0. The highest BCUT2D eigenvalue weighted by Crippen LogP contribution is 2.33. The van der Waals surface area contributed by atoms with Crippen LogP contribution < -0.4 is 5.32 Å². The van der Waals surface area contributed by atoms with Crippen molar-refractivity contribution in [1.82, 2.24) is 5.32 Å². The van der Waals surface area contributed by atoms with Crippen LogP contribution in [0.4, 0.5) is 0 Å². The molecule has 17 atom stereocenters. The van der Waals surface area contributed by atoms with E-state index in [9.17, 15) is 61.0 Å². The Bertz CT molecular complexity index is 1530. The van der Waals surface area contributed by atoms with Crippen LogP contribution in [0.2, 0.25) is 0 Å². The van der Waals surface area contributed by atoms with E-state index < -0.39 is 124 Å². The van der Waals surface area contributed by atoms with E-state index in [2.05, 4.69) is 19.2 Å². The van der Waals surface area contributed by atoms with Gasteiger partial charge in [0.1, 0.15) is 73.2 Å². The monoisotopic (exact) mass is 1160 g/mol. The average Bonchev–Trinajstić information content (AvgIpc) is 3.46. The van der Waals surface area contributed by atoms with Crippen molar-refractivity contribution in [2.24, 2.45) is 0 Å². The van der Waals surface area contributed by atoms with Gasteiger partial charge in [-0.2, -0.15) is 0 Å². The van der Waals surface area contributed by atoms with Gasteiger partial charge in [0, 0.05) is 6.42 Å². The number of aliphatic hydroxyl groups excluding tert-OH is 11. The van der Waals surface area contributed by atoms with Gasteiger partial charge in [0.25, 0.3) is 0 Å². The van der Waals surface area contributed by atoms with Crippen LogP contribution in [0.25, 0.3) is 0 Å². The maximum atomic E-state index is 13.4. The zero-order valence-corrected chi connectivity index (χ0v) is 50.0. The molecule has 3 rings (SSSR count). The third kappa shape index (κ3) is 29.2. The van der Waals surface area contributed by atoms with Crippen LogP contribution in [-0.4, -0.2) is 193 Å². The van der Waals surface area contributed by atoms with Gasteiger partial charge in [-0.25, -0.2) is 0 Å². The van der Waals surface area contributed by atoms with Crippen molar-refractivity contribution in [2.75, 3.05) is 26.4 Å². The Morgan fingerprint density at radius 1 is 0.432 bits per heavy atom. The Labute approximate surface area is 486 Å². The molecule has 3 heterocycles. The summed E-state index contributed by atoms with van der Waals surface area (Å²) in [7, 11) is 0. The highest BCUT2D eigenvalue weighted by molar-refractivity contribution is 5.76. The third-order valence-electron chi connectivity index (χ3n) is 16.6. The third-order valence-corrected chi connectivity index (χ3v) is 16.6. The maximum absolute atomic E-state index is 13.4. The van der Waals surface area contributed by atoms with E-state index in [-0.39, 0.29) is 18.9 Å². The minimum Gasteiger partial charge on any atom is -0.394 e. The summed E-state index contributed by atoms with van der Waals surface area (Å²) in [4.78, 5) is 13.4. The van der Waals surface area contributed by atoms with Crippen molar-refractivity contribution in [3.63, 3.8) is 0 Å². The molecule has 12 N–H and O–H groups in total. The Kier molecular flexibility index (Phi) is 41.7. The molecule has 0 radical (unpaired) electrons. The Morgan fingerprint density at radius 3 is 1.25 bits per heavy atom. The van der Waals surface area contributed by atoms with Crippen molar-refractivity contribution in [3.05, 3.63) is 12.2 Å². The number of allylic oxidation sites excluding steroid dienone is 1. The first kappa shape index (κ1) is 73.8. The summed E-state index contributed by atoms with van der Waals surface area (Å²) in [5.74, 6) is -0.275. The fourth-order valence-corrected chi connectivity index (χ4v) is 11.2. The van der Waals surface area contributed by atoms with E-state index in [0.29, 0.717) is 6.42 Å². The van der Waals surface area contributed by atoms with Crippen molar-refractivity contribution < 1.29 is 89.4 Å². The van der Waals surface area contributed by atoms with E-state index in [1.54, 1.807) is 6.08 Å². The topological polar surface area (TPSA) is 307 Å². The standard InChI is InChI=1S/C62H117NO18/c1-3-5-7-9-11-13-15-17-18-19-20-21-22-23-24-25-26-28-30-32-34-36-38-40-50(68)63-45(46(67)39-37-35-33-31-29-27-16-14-12-10-8-6-4-2)44-76-60-56(74)54(72)58(49(43-66)79-60)80-62-57(75)59(52(70)48(42-65)78-62)81-61-55(73)53(71)51(69)47(41-64)77-61/h37,39,45-49,51-62,64-67,69-75H,3-36,38,40-44H2,1-2H3,(H,63,68)/t45-,46+,47+,48+,49+,51-,52-,53-,54+,55+,56+,57+,58+,59-,60+,61+,62-/m0/s1. The Morgan fingerprint density at radius 2 is 0.802 bits per heavy atom. The predicted molar refractivity (Wildman–Crippen MR) is 310 cm³/mol. The molecule has 3 aliphatic heterocycles. The molecule has 1 amide bonds. The fourth-order valence-electron chi connectivity index (χ4n) is 11.2. The molecule has 0 bridgehead atoms. The minimum atomic E-state index is -1.97. The maximum Gasteiger partial charge on any atom is 0.220 e. The summed E-state index contributed by atoms with van der Waals surface area (Å²) in [5, 5.41) is 120. The number of hydrogen-bond acceptors (Lipinski definition) is 18. The molecular weight excluding hydrogens is 1050 g/mol. The summed E-state index contributed by atoms with van der Waals surface area (Å²) in [6.45, 7) is 1.71. The van der Waals surface area contributed by atoms with Gasteiger partial charge in [-0.15, -0.1) is 0 Å². The number of carbonyl (C=O) groups excluding carboxylic acids is 1. The molecule has 81 heavy (non-hydrogen) atoms. The van der Waals surface area contributed by atoms with Gasteiger partial charge in [0.15, 0.2) is 18.9 Å². The highest BCUT2D eigenvalue weighted by Gasteiger charge is 2.54. The van der Waals surface area contributed by atoms with Gasteiger partial charge in [-0.3, -0.25) is 4.79 Å². The molecular formula is C62H117NO18. The quantitative estimate of drug-likeness (QED) is 0.0217. The van der Waals surface area contributed by atoms with Crippen LogP contribution >= 0.6 is 0 Å². The van der Waals surface area contributed by atoms with Gasteiger partial charge in [-0.1, -0.05) is 231 Å². The number of ether oxygens (including phenoxy) is 6. The van der Waals surface area contributed by atoms with E-state index in [1.807, 2.05) is 6.08 Å². The molecule has 0 aromatic rings. The Hall–Kier alpha value is -1.47. The summed E-state index contributed by atoms with van der Waals surface area (Å²) >= 11 is 0. The molecule has 0 aliphatic carbocycles. The number of nitrogens with one attached hydrogen (secondary N) is 1. The molecule has 19 nitrogen and oxygen atoms in total. The van der Waals surface area contributed by atoms with E-state index in [0.717, 1.165) is 44.9 Å². The van der Waals surface area contributed by atoms with Gasteiger partial charge in [0.05, 0.1) is 38.6 Å². The van der Waals surface area contributed by atoms with Crippen LogP contribution in [0, 0.1) is 0 Å². The van der Waals surface area contributed by atoms with Crippen LogP contribution in [-0.2, 0) is 33.2 Å². The number of unbranched alkanes of at least 4 members (excludes halogenated alkanes) is 33. The first-order valence-electron chi connectivity index (χ1n) is 32.4. The van der Waals surface area contributed by atoms with Crippen molar-refractivity contribution >= 4 is 5.91 Å². The van der Waals surface area contributed by atoms with E-state index in [4.69, 9.17) is 28.4 Å². The van der Waals surface area contributed by atoms with Gasteiger partial charge >= 0.3 is 0 Å². The molecule has 3 fully saturated rings. The zero-order valence-electron chi connectivity index (χ0n) is 50.0. The first-order chi connectivity index (χ1) is 39.3. The van der Waals surface area contributed by atoms with Crippen LogP contribution in [0.1, 0.15) is 245 Å².